The van der Waals surface area contributed by atoms with E-state index in [4.69, 9.17) is 0 Å². The molecule has 0 atom stereocenters. The predicted octanol–water partition coefficient (Wildman–Crippen LogP) is 1.43. The van der Waals surface area contributed by atoms with Gasteiger partial charge in [0.2, 0.25) is 11.8 Å². The number of benzene rings is 2. The van der Waals surface area contributed by atoms with E-state index in [-0.39, 0.29) is 35.4 Å². The minimum Gasteiger partial charge on any atom is -0.359 e. The van der Waals surface area contributed by atoms with Gasteiger partial charge in [-0.2, -0.15) is 0 Å². The van der Waals surface area contributed by atoms with Crippen molar-refractivity contribution in [3.8, 4) is 0 Å². The van der Waals surface area contributed by atoms with Crippen molar-refractivity contribution in [2.75, 3.05) is 35.6 Å². The van der Waals surface area contributed by atoms with E-state index in [0.717, 1.165) is 5.69 Å². The van der Waals surface area contributed by atoms with Crippen molar-refractivity contribution in [3.05, 3.63) is 54.6 Å². The second-order valence-electron chi connectivity index (χ2n) is 6.22. The topological polar surface area (TPSA) is 95.6 Å². The first-order valence-corrected chi connectivity index (χ1v) is 10.3. The van der Waals surface area contributed by atoms with Crippen LogP contribution in [0.2, 0.25) is 0 Å². The Morgan fingerprint density at radius 1 is 1.07 bits per heavy atom. The van der Waals surface area contributed by atoms with Crippen LogP contribution in [0.25, 0.3) is 0 Å². The molecule has 1 aliphatic rings. The lowest BCUT2D eigenvalue weighted by Crippen LogP contribution is -2.47. The molecule has 27 heavy (non-hydrogen) atoms. The molecule has 1 heterocycles. The maximum atomic E-state index is 12.3. The van der Waals surface area contributed by atoms with E-state index in [1.165, 1.54) is 12.1 Å². The molecular formula is C19H21N3O4S. The van der Waals surface area contributed by atoms with Gasteiger partial charge < -0.3 is 15.5 Å². The largest absolute Gasteiger partial charge is 0.359 e. The number of hydrogen-bond donors (Lipinski definition) is 2. The summed E-state index contributed by atoms with van der Waals surface area (Å²) in [7, 11) is -3.51. The Labute approximate surface area is 158 Å². The van der Waals surface area contributed by atoms with E-state index in [2.05, 4.69) is 10.6 Å². The van der Waals surface area contributed by atoms with Crippen molar-refractivity contribution in [2.24, 2.45) is 0 Å². The number of sulfone groups is 1. The Kier molecular flexibility index (Phi) is 5.75. The number of carbonyl (C=O) groups excluding carboxylic acids is 2. The van der Waals surface area contributed by atoms with Gasteiger partial charge >= 0.3 is 0 Å². The summed E-state index contributed by atoms with van der Waals surface area (Å²) in [6.07, 6.45) is -0.147. The zero-order valence-electron chi connectivity index (χ0n) is 14.7. The summed E-state index contributed by atoms with van der Waals surface area (Å²) in [6.45, 7) is 1.40. The molecule has 1 fully saturated rings. The number of amides is 2. The number of carbonyl (C=O) groups is 2. The summed E-state index contributed by atoms with van der Waals surface area (Å²) in [5, 5.41) is 5.53. The fourth-order valence-electron chi connectivity index (χ4n) is 2.88. The molecule has 7 nitrogen and oxygen atoms in total. The third-order valence-electron chi connectivity index (χ3n) is 4.26. The van der Waals surface area contributed by atoms with E-state index in [0.29, 0.717) is 18.8 Å². The molecule has 1 aliphatic heterocycles. The Morgan fingerprint density at radius 3 is 2.52 bits per heavy atom. The first kappa shape index (κ1) is 18.9. The summed E-state index contributed by atoms with van der Waals surface area (Å²) in [5.74, 6) is -0.725. The fourth-order valence-corrected chi connectivity index (χ4v) is 4.15. The minimum absolute atomic E-state index is 0.0728. The van der Waals surface area contributed by atoms with E-state index in [1.54, 1.807) is 30.3 Å². The van der Waals surface area contributed by atoms with Gasteiger partial charge in [0.25, 0.3) is 0 Å². The molecule has 8 heteroatoms. The van der Waals surface area contributed by atoms with Crippen LogP contribution in [0.3, 0.4) is 0 Å². The molecule has 3 rings (SSSR count). The average Bonchev–Trinajstić information content (AvgIpc) is 2.68. The number of para-hydroxylation sites is 2. The number of hydrogen-bond acceptors (Lipinski definition) is 5. The molecule has 2 amide bonds. The van der Waals surface area contributed by atoms with Crippen molar-refractivity contribution >= 4 is 33.0 Å². The Hall–Kier alpha value is -2.87. The molecule has 1 saturated heterocycles. The van der Waals surface area contributed by atoms with Crippen molar-refractivity contribution < 1.29 is 18.0 Å². The monoisotopic (exact) mass is 387 g/mol. The third kappa shape index (κ3) is 4.85. The quantitative estimate of drug-likeness (QED) is 0.782. The number of anilines is 2. The highest BCUT2D eigenvalue weighted by Gasteiger charge is 2.20. The van der Waals surface area contributed by atoms with Crippen LogP contribution in [-0.4, -0.2) is 45.6 Å². The predicted molar refractivity (Wildman–Crippen MR) is 103 cm³/mol. The summed E-state index contributed by atoms with van der Waals surface area (Å²) in [4.78, 5) is 26.0. The van der Waals surface area contributed by atoms with Crippen LogP contribution < -0.4 is 15.5 Å². The zero-order chi connectivity index (χ0) is 19.3. The minimum atomic E-state index is -3.51. The van der Waals surface area contributed by atoms with E-state index in [9.17, 15) is 18.0 Å². The smallest absolute Gasteiger partial charge is 0.239 e. The van der Waals surface area contributed by atoms with Crippen LogP contribution in [0.4, 0.5) is 11.4 Å². The van der Waals surface area contributed by atoms with Gasteiger partial charge in [-0.1, -0.05) is 30.3 Å². The lowest BCUT2D eigenvalue weighted by Gasteiger charge is -2.30. The Morgan fingerprint density at radius 2 is 1.78 bits per heavy atom. The molecular weight excluding hydrogens is 366 g/mol. The number of rotatable bonds is 6. The second kappa shape index (κ2) is 8.22. The first-order valence-electron chi connectivity index (χ1n) is 8.64. The molecule has 2 aromatic carbocycles. The lowest BCUT2D eigenvalue weighted by molar-refractivity contribution is -0.120. The average molecular weight is 387 g/mol. The van der Waals surface area contributed by atoms with Crippen LogP contribution >= 0.6 is 0 Å². The fraction of sp³-hybridized carbons (Fsp3) is 0.263. The van der Waals surface area contributed by atoms with Crippen molar-refractivity contribution in [3.63, 3.8) is 0 Å². The maximum Gasteiger partial charge on any atom is 0.239 e. The Bertz CT molecular complexity index is 929. The van der Waals surface area contributed by atoms with Crippen molar-refractivity contribution in [2.45, 2.75) is 11.3 Å². The molecule has 0 aromatic heterocycles. The second-order valence-corrected chi connectivity index (χ2v) is 8.33. The molecule has 0 aliphatic carbocycles. The number of nitrogens with one attached hydrogen (secondary N) is 2. The molecule has 2 N–H and O–H groups in total. The molecule has 0 bridgehead atoms. The van der Waals surface area contributed by atoms with Crippen molar-refractivity contribution in [1.82, 2.24) is 5.32 Å². The summed E-state index contributed by atoms with van der Waals surface area (Å²) < 4.78 is 24.6. The SMILES string of the molecule is O=C1CN(c2ccccc2NC(=O)CCS(=O)(=O)c2ccccc2)CCN1. The van der Waals surface area contributed by atoms with Crippen LogP contribution in [0.15, 0.2) is 59.5 Å². The third-order valence-corrected chi connectivity index (χ3v) is 5.99. The van der Waals surface area contributed by atoms with E-state index in [1.807, 2.05) is 17.0 Å². The summed E-state index contributed by atoms with van der Waals surface area (Å²) >= 11 is 0. The standard InChI is InChI=1S/C19H21N3O4S/c23-18(10-13-27(25,26)15-6-2-1-3-7-15)21-16-8-4-5-9-17(16)22-12-11-20-19(24)14-22/h1-9H,10-14H2,(H,20,24)(H,21,23). The molecule has 0 spiro atoms. The van der Waals surface area contributed by atoms with Crippen molar-refractivity contribution in [1.29, 1.82) is 0 Å². The number of piperazine rings is 1. The molecule has 0 saturated carbocycles. The van der Waals surface area contributed by atoms with Gasteiger partial charge in [-0.3, -0.25) is 9.59 Å². The van der Waals surface area contributed by atoms with Crippen LogP contribution in [0.1, 0.15) is 6.42 Å². The Balaban J connectivity index is 1.66. The van der Waals surface area contributed by atoms with Gasteiger partial charge in [0, 0.05) is 19.5 Å². The molecule has 2 aromatic rings. The summed E-state index contributed by atoms with van der Waals surface area (Å²) in [6, 6.07) is 15.3. The number of nitrogens with zero attached hydrogens (tertiary/aromatic N) is 1. The maximum absolute atomic E-state index is 12.3. The van der Waals surface area contributed by atoms with Gasteiger partial charge in [0.15, 0.2) is 9.84 Å². The van der Waals surface area contributed by atoms with E-state index < -0.39 is 9.84 Å². The van der Waals surface area contributed by atoms with E-state index >= 15 is 0 Å². The first-order chi connectivity index (χ1) is 13.0. The molecule has 0 radical (unpaired) electrons. The molecule has 0 unspecified atom stereocenters. The van der Waals surface area contributed by atoms with Crippen LogP contribution in [0, 0.1) is 0 Å². The lowest BCUT2D eigenvalue weighted by atomic mass is 10.2. The van der Waals surface area contributed by atoms with Gasteiger partial charge in [0.05, 0.1) is 28.6 Å². The van der Waals surface area contributed by atoms with Gasteiger partial charge in [-0.15, -0.1) is 0 Å². The van der Waals surface area contributed by atoms with Crippen LogP contribution in [0.5, 0.6) is 0 Å². The van der Waals surface area contributed by atoms with Crippen LogP contribution in [-0.2, 0) is 19.4 Å². The highest BCUT2D eigenvalue weighted by atomic mass is 32.2. The highest BCUT2D eigenvalue weighted by molar-refractivity contribution is 7.91. The van der Waals surface area contributed by atoms with Gasteiger partial charge in [0.1, 0.15) is 0 Å². The van der Waals surface area contributed by atoms with Gasteiger partial charge in [-0.25, -0.2) is 8.42 Å². The zero-order valence-corrected chi connectivity index (χ0v) is 15.5. The molecule has 142 valence electrons. The summed E-state index contributed by atoms with van der Waals surface area (Å²) in [5.41, 5.74) is 1.31. The normalized spacial score (nSPS) is 14.5. The van der Waals surface area contributed by atoms with Gasteiger partial charge in [-0.05, 0) is 24.3 Å². The highest BCUT2D eigenvalue weighted by Crippen LogP contribution is 2.26.